The zero-order chi connectivity index (χ0) is 14.7. The number of carboxylic acids is 1. The van der Waals surface area contributed by atoms with E-state index in [9.17, 15) is 14.7 Å². The minimum Gasteiger partial charge on any atom is -0.481 e. The van der Waals surface area contributed by atoms with Crippen molar-refractivity contribution in [3.05, 3.63) is 40.9 Å². The van der Waals surface area contributed by atoms with Crippen LogP contribution in [0.15, 0.2) is 35.3 Å². The van der Waals surface area contributed by atoms with Gasteiger partial charge in [0.1, 0.15) is 0 Å². The number of aliphatic carboxylic acids is 1. The number of carbonyl (C=O) groups is 2. The summed E-state index contributed by atoms with van der Waals surface area (Å²) in [6.07, 6.45) is 0.445. The average Bonchev–Trinajstić information content (AvgIpc) is 2.43. The Kier molecular flexibility index (Phi) is 4.44. The smallest absolute Gasteiger partial charge is 0.322 e. The molecule has 106 valence electrons. The van der Waals surface area contributed by atoms with Crippen molar-refractivity contribution in [3.8, 4) is 0 Å². The number of anilines is 1. The molecule has 1 atom stereocenters. The molecule has 0 aromatic heterocycles. The molecule has 0 saturated heterocycles. The molecule has 1 aliphatic rings. The van der Waals surface area contributed by atoms with Crippen molar-refractivity contribution in [1.82, 2.24) is 5.32 Å². The van der Waals surface area contributed by atoms with Gasteiger partial charge in [-0.1, -0.05) is 40.7 Å². The van der Waals surface area contributed by atoms with Crippen molar-refractivity contribution in [3.63, 3.8) is 0 Å². The highest BCUT2D eigenvalue weighted by Crippen LogP contribution is 2.29. The summed E-state index contributed by atoms with van der Waals surface area (Å²) in [5, 5.41) is 11.9. The maximum Gasteiger partial charge on any atom is 0.322 e. The molecule has 20 heavy (non-hydrogen) atoms. The molecule has 1 heterocycles. The van der Waals surface area contributed by atoms with Crippen LogP contribution in [0.2, 0.25) is 0 Å². The Morgan fingerprint density at radius 1 is 1.45 bits per heavy atom. The molecule has 0 saturated carbocycles. The molecule has 0 fully saturated rings. The molecule has 0 aliphatic carbocycles. The number of rotatable bonds is 3. The van der Waals surface area contributed by atoms with E-state index >= 15 is 0 Å². The zero-order valence-electron chi connectivity index (χ0n) is 10.8. The van der Waals surface area contributed by atoms with E-state index < -0.39 is 11.9 Å². The lowest BCUT2D eigenvalue weighted by atomic mass is 9.93. The van der Waals surface area contributed by atoms with Gasteiger partial charge in [-0.05, 0) is 18.1 Å². The second kappa shape index (κ2) is 6.09. The highest BCUT2D eigenvalue weighted by molar-refractivity contribution is 9.11. The van der Waals surface area contributed by atoms with Crippen molar-refractivity contribution in [2.75, 3.05) is 18.0 Å². The minimum atomic E-state index is -0.887. The predicted octanol–water partition coefficient (Wildman–Crippen LogP) is 2.37. The summed E-state index contributed by atoms with van der Waals surface area (Å²) in [5.41, 5.74) is 1.64. The normalized spacial score (nSPS) is 17.2. The van der Waals surface area contributed by atoms with Gasteiger partial charge < -0.3 is 10.4 Å². The third-order valence-electron chi connectivity index (χ3n) is 3.18. The summed E-state index contributed by atoms with van der Waals surface area (Å²) in [4.78, 5) is 24.9. The molecule has 1 aromatic rings. The van der Waals surface area contributed by atoms with Gasteiger partial charge in [-0.25, -0.2) is 4.79 Å². The van der Waals surface area contributed by atoms with E-state index in [0.29, 0.717) is 17.4 Å². The summed E-state index contributed by atoms with van der Waals surface area (Å²) >= 11 is 3.17. The maximum atomic E-state index is 12.2. The number of carboxylic acid groups (broad SMARTS) is 1. The molecule has 2 amide bonds. The van der Waals surface area contributed by atoms with Crippen LogP contribution in [0.3, 0.4) is 0 Å². The first-order valence-corrected chi connectivity index (χ1v) is 6.97. The van der Waals surface area contributed by atoms with Crippen LogP contribution in [0.5, 0.6) is 0 Å². The number of fused-ring (bicyclic) bond motifs is 1. The second-order valence-corrected chi connectivity index (χ2v) is 5.78. The van der Waals surface area contributed by atoms with Gasteiger partial charge in [0.25, 0.3) is 0 Å². The van der Waals surface area contributed by atoms with Crippen molar-refractivity contribution >= 4 is 33.6 Å². The van der Waals surface area contributed by atoms with E-state index in [1.165, 1.54) is 4.90 Å². The monoisotopic (exact) mass is 338 g/mol. The van der Waals surface area contributed by atoms with Crippen LogP contribution in [0.25, 0.3) is 0 Å². The van der Waals surface area contributed by atoms with Crippen molar-refractivity contribution in [2.45, 2.75) is 6.42 Å². The molecule has 0 radical (unpaired) electrons. The average molecular weight is 339 g/mol. The number of carbonyl (C=O) groups excluding carboxylic acids is 1. The number of nitrogens with zero attached hydrogens (tertiary/aromatic N) is 1. The predicted molar refractivity (Wildman–Crippen MR) is 80.1 cm³/mol. The van der Waals surface area contributed by atoms with Gasteiger partial charge >= 0.3 is 12.0 Å². The Balaban J connectivity index is 2.24. The molecular weight excluding hydrogens is 324 g/mol. The summed E-state index contributed by atoms with van der Waals surface area (Å²) < 4.78 is 0.658. The van der Waals surface area contributed by atoms with Gasteiger partial charge in [-0.2, -0.15) is 0 Å². The molecule has 1 aromatic carbocycles. The first-order chi connectivity index (χ1) is 9.49. The van der Waals surface area contributed by atoms with Crippen LogP contribution in [0.1, 0.15) is 5.56 Å². The van der Waals surface area contributed by atoms with Gasteiger partial charge in [0.15, 0.2) is 0 Å². The largest absolute Gasteiger partial charge is 0.481 e. The number of para-hydroxylation sites is 1. The number of hydrogen-bond donors (Lipinski definition) is 2. The van der Waals surface area contributed by atoms with E-state index in [-0.39, 0.29) is 12.6 Å². The van der Waals surface area contributed by atoms with Crippen molar-refractivity contribution in [2.24, 2.45) is 5.92 Å². The van der Waals surface area contributed by atoms with Crippen LogP contribution in [0, 0.1) is 5.92 Å². The Labute approximate surface area is 125 Å². The summed E-state index contributed by atoms with van der Waals surface area (Å²) in [5.74, 6) is -1.47. The van der Waals surface area contributed by atoms with Gasteiger partial charge in [0.05, 0.1) is 12.5 Å². The Bertz CT molecular complexity index is 559. The molecule has 2 N–H and O–H groups in total. The fraction of sp³-hybridized carbons (Fsp3) is 0.286. The lowest BCUT2D eigenvalue weighted by molar-refractivity contribution is -0.141. The SMILES string of the molecule is C=C(Br)CNC(=O)N1CC(C(=O)O)Cc2ccccc21. The number of amides is 2. The molecule has 6 heteroatoms. The van der Waals surface area contributed by atoms with Crippen LogP contribution in [-0.4, -0.2) is 30.2 Å². The van der Waals surface area contributed by atoms with Crippen LogP contribution in [-0.2, 0) is 11.2 Å². The summed E-state index contributed by atoms with van der Waals surface area (Å²) in [6.45, 7) is 4.12. The molecular formula is C14H15BrN2O3. The Hall–Kier alpha value is -1.82. The number of nitrogens with one attached hydrogen (secondary N) is 1. The van der Waals surface area contributed by atoms with Crippen LogP contribution in [0.4, 0.5) is 10.5 Å². The number of halogens is 1. The van der Waals surface area contributed by atoms with Gasteiger partial charge in [0.2, 0.25) is 0 Å². The quantitative estimate of drug-likeness (QED) is 0.888. The van der Waals surface area contributed by atoms with E-state index in [2.05, 4.69) is 27.8 Å². The first-order valence-electron chi connectivity index (χ1n) is 6.18. The zero-order valence-corrected chi connectivity index (χ0v) is 12.4. The molecule has 2 rings (SSSR count). The number of urea groups is 1. The van der Waals surface area contributed by atoms with Crippen molar-refractivity contribution in [1.29, 1.82) is 0 Å². The second-order valence-electron chi connectivity index (χ2n) is 4.65. The van der Waals surface area contributed by atoms with Crippen LogP contribution < -0.4 is 10.2 Å². The van der Waals surface area contributed by atoms with Gasteiger partial charge in [-0.3, -0.25) is 9.69 Å². The lowest BCUT2D eigenvalue weighted by Crippen LogP contribution is -2.47. The molecule has 1 unspecified atom stereocenters. The lowest BCUT2D eigenvalue weighted by Gasteiger charge is -2.32. The maximum absolute atomic E-state index is 12.2. The Morgan fingerprint density at radius 2 is 2.15 bits per heavy atom. The Morgan fingerprint density at radius 3 is 2.80 bits per heavy atom. The minimum absolute atomic E-state index is 0.174. The third kappa shape index (κ3) is 3.19. The first kappa shape index (κ1) is 14.6. The fourth-order valence-corrected chi connectivity index (χ4v) is 2.36. The highest BCUT2D eigenvalue weighted by atomic mass is 79.9. The number of benzene rings is 1. The molecule has 1 aliphatic heterocycles. The standard InChI is InChI=1S/C14H15BrN2O3/c1-9(15)7-16-14(20)17-8-11(13(18)19)6-10-4-2-3-5-12(10)17/h2-5,11H,1,6-8H2,(H,16,20)(H,18,19). The van der Waals surface area contributed by atoms with E-state index in [0.717, 1.165) is 11.3 Å². The molecule has 0 bridgehead atoms. The third-order valence-corrected chi connectivity index (χ3v) is 3.46. The van der Waals surface area contributed by atoms with Crippen molar-refractivity contribution < 1.29 is 14.7 Å². The summed E-state index contributed by atoms with van der Waals surface area (Å²) in [7, 11) is 0. The highest BCUT2D eigenvalue weighted by Gasteiger charge is 2.31. The number of hydrogen-bond acceptors (Lipinski definition) is 2. The van der Waals surface area contributed by atoms with Gasteiger partial charge in [0, 0.05) is 16.7 Å². The molecule has 0 spiro atoms. The topological polar surface area (TPSA) is 69.6 Å². The summed E-state index contributed by atoms with van der Waals surface area (Å²) in [6, 6.07) is 7.05. The van der Waals surface area contributed by atoms with E-state index in [1.54, 1.807) is 0 Å². The molecule has 5 nitrogen and oxygen atoms in total. The fourth-order valence-electron chi connectivity index (χ4n) is 2.22. The van der Waals surface area contributed by atoms with Crippen LogP contribution >= 0.6 is 15.9 Å². The van der Waals surface area contributed by atoms with E-state index in [4.69, 9.17) is 0 Å². The van der Waals surface area contributed by atoms with E-state index in [1.807, 2.05) is 24.3 Å². The van der Waals surface area contributed by atoms with Gasteiger partial charge in [-0.15, -0.1) is 0 Å².